The number of hydrogen-bond donors (Lipinski definition) is 1. The molecule has 4 rings (SSSR count). The van der Waals surface area contributed by atoms with Crippen LogP contribution in [0.15, 0.2) is 71.6 Å². The summed E-state index contributed by atoms with van der Waals surface area (Å²) in [6.07, 6.45) is 0. The Balaban J connectivity index is 1.86. The van der Waals surface area contributed by atoms with Crippen LogP contribution < -0.4 is 4.74 Å². The number of carbonyl (C=O) groups excluding carboxylic acids is 2. The predicted octanol–water partition coefficient (Wildman–Crippen LogP) is 5.03. The average molecular weight is 440 g/mol. The molecular weight excluding hydrogens is 422 g/mol. The first kappa shape index (κ1) is 20.2. The quantitative estimate of drug-likeness (QED) is 0.344. The molecular formula is C23H18ClNO4S. The number of carbonyl (C=O) groups is 2. The molecule has 2 aromatic carbocycles. The molecule has 3 aromatic rings. The number of nitrogens with zero attached hydrogens (tertiary/aromatic N) is 1. The summed E-state index contributed by atoms with van der Waals surface area (Å²) in [5, 5.41) is 13.5. The molecule has 1 aliphatic heterocycles. The van der Waals surface area contributed by atoms with Crippen molar-refractivity contribution in [1.29, 1.82) is 0 Å². The van der Waals surface area contributed by atoms with Crippen molar-refractivity contribution in [3.05, 3.63) is 92.6 Å². The molecule has 1 fully saturated rings. The van der Waals surface area contributed by atoms with Crippen LogP contribution in [0.25, 0.3) is 5.76 Å². The summed E-state index contributed by atoms with van der Waals surface area (Å²) in [5.41, 5.74) is 1.15. The molecule has 1 unspecified atom stereocenters. The molecule has 0 aliphatic carbocycles. The van der Waals surface area contributed by atoms with Crippen LogP contribution >= 0.6 is 22.9 Å². The van der Waals surface area contributed by atoms with Gasteiger partial charge >= 0.3 is 0 Å². The van der Waals surface area contributed by atoms with Crippen molar-refractivity contribution in [2.45, 2.75) is 12.6 Å². The highest BCUT2D eigenvalue weighted by Crippen LogP contribution is 2.41. The maximum absolute atomic E-state index is 13.0. The van der Waals surface area contributed by atoms with E-state index in [1.165, 1.54) is 23.3 Å². The van der Waals surface area contributed by atoms with Crippen molar-refractivity contribution in [3.8, 4) is 5.75 Å². The lowest BCUT2D eigenvalue weighted by molar-refractivity contribution is -0.140. The first-order valence-corrected chi connectivity index (χ1v) is 10.5. The molecule has 1 saturated heterocycles. The van der Waals surface area contributed by atoms with Crippen LogP contribution in [-0.4, -0.2) is 28.8 Å². The molecule has 1 amide bonds. The molecule has 1 atom stereocenters. The number of rotatable bonds is 5. The fraction of sp³-hybridized carbons (Fsp3) is 0.130. The van der Waals surface area contributed by atoms with Gasteiger partial charge in [-0.3, -0.25) is 9.59 Å². The van der Waals surface area contributed by atoms with E-state index in [0.29, 0.717) is 21.9 Å². The zero-order valence-electron chi connectivity index (χ0n) is 16.0. The minimum Gasteiger partial charge on any atom is -0.507 e. The van der Waals surface area contributed by atoms with Crippen LogP contribution in [0.5, 0.6) is 5.75 Å². The summed E-state index contributed by atoms with van der Waals surface area (Å²) in [6, 6.07) is 16.8. The molecule has 0 spiro atoms. The maximum atomic E-state index is 13.0. The van der Waals surface area contributed by atoms with Gasteiger partial charge in [0.1, 0.15) is 11.5 Å². The number of benzene rings is 2. The van der Waals surface area contributed by atoms with Crippen LogP contribution in [0.4, 0.5) is 0 Å². The molecule has 0 bridgehead atoms. The Morgan fingerprint density at radius 3 is 2.57 bits per heavy atom. The van der Waals surface area contributed by atoms with Gasteiger partial charge in [-0.05, 0) is 41.3 Å². The Hall–Kier alpha value is -3.09. The van der Waals surface area contributed by atoms with Crippen LogP contribution in [0, 0.1) is 0 Å². The molecule has 0 saturated carbocycles. The molecule has 152 valence electrons. The number of likely N-dealkylation sites (tertiary alicyclic amines) is 1. The minimum absolute atomic E-state index is 0.0483. The number of thiophene rings is 1. The lowest BCUT2D eigenvalue weighted by atomic mass is 9.95. The van der Waals surface area contributed by atoms with Crippen molar-refractivity contribution in [3.63, 3.8) is 0 Å². The lowest BCUT2D eigenvalue weighted by Gasteiger charge is -2.25. The summed E-state index contributed by atoms with van der Waals surface area (Å²) in [7, 11) is 1.52. The molecule has 5 nitrogen and oxygen atoms in total. The van der Waals surface area contributed by atoms with Gasteiger partial charge in [-0.1, -0.05) is 41.9 Å². The van der Waals surface area contributed by atoms with E-state index in [1.807, 2.05) is 17.5 Å². The molecule has 2 heterocycles. The number of ketones is 1. The first-order chi connectivity index (χ1) is 14.5. The second kappa shape index (κ2) is 8.34. The topological polar surface area (TPSA) is 66.8 Å². The average Bonchev–Trinajstić information content (AvgIpc) is 3.36. The van der Waals surface area contributed by atoms with Gasteiger partial charge in [0.25, 0.3) is 11.7 Å². The zero-order valence-corrected chi connectivity index (χ0v) is 17.6. The summed E-state index contributed by atoms with van der Waals surface area (Å²) >= 11 is 7.54. The summed E-state index contributed by atoms with van der Waals surface area (Å²) in [4.78, 5) is 28.4. The first-order valence-electron chi connectivity index (χ1n) is 9.20. The van der Waals surface area contributed by atoms with E-state index in [-0.39, 0.29) is 17.9 Å². The van der Waals surface area contributed by atoms with Gasteiger partial charge in [0, 0.05) is 15.5 Å². The van der Waals surface area contributed by atoms with Gasteiger partial charge in [-0.2, -0.15) is 0 Å². The van der Waals surface area contributed by atoms with Gasteiger partial charge < -0.3 is 14.7 Å². The van der Waals surface area contributed by atoms with Gasteiger partial charge in [0.05, 0.1) is 25.3 Å². The Morgan fingerprint density at radius 2 is 1.90 bits per heavy atom. The van der Waals surface area contributed by atoms with E-state index in [1.54, 1.807) is 48.5 Å². The number of aliphatic hydroxyl groups is 1. The Morgan fingerprint density at radius 1 is 1.13 bits per heavy atom. The van der Waals surface area contributed by atoms with Crippen molar-refractivity contribution in [1.82, 2.24) is 4.90 Å². The number of Topliss-reactive ketones (excluding diaryl/α,β-unsaturated/α-hetero) is 1. The highest BCUT2D eigenvalue weighted by atomic mass is 35.5. The maximum Gasteiger partial charge on any atom is 0.295 e. The smallest absolute Gasteiger partial charge is 0.295 e. The number of aliphatic hydroxyl groups excluding tert-OH is 1. The van der Waals surface area contributed by atoms with Crippen molar-refractivity contribution < 1.29 is 19.4 Å². The Bertz CT molecular complexity index is 1120. The van der Waals surface area contributed by atoms with Crippen LogP contribution in [0.2, 0.25) is 5.02 Å². The Labute approximate surface area is 182 Å². The molecule has 30 heavy (non-hydrogen) atoms. The zero-order chi connectivity index (χ0) is 21.3. The molecule has 1 N–H and O–H groups in total. The number of hydrogen-bond acceptors (Lipinski definition) is 5. The second-order valence-corrected chi connectivity index (χ2v) is 8.26. The number of methoxy groups -OCH3 is 1. The van der Waals surface area contributed by atoms with E-state index in [0.717, 1.165) is 4.88 Å². The molecule has 1 aliphatic rings. The highest BCUT2D eigenvalue weighted by Gasteiger charge is 2.46. The van der Waals surface area contributed by atoms with Gasteiger partial charge in [-0.15, -0.1) is 11.3 Å². The summed E-state index contributed by atoms with van der Waals surface area (Å²) < 4.78 is 5.22. The molecule has 7 heteroatoms. The third kappa shape index (κ3) is 3.72. The summed E-state index contributed by atoms with van der Waals surface area (Å²) in [5.74, 6) is -1.06. The van der Waals surface area contributed by atoms with Gasteiger partial charge in [0.15, 0.2) is 0 Å². The second-order valence-electron chi connectivity index (χ2n) is 6.79. The standard InChI is InChI=1S/C23H18ClNO4S/c1-29-17-5-2-4-15(12-17)21(26)19-20(14-7-9-16(24)10-8-14)25(23(28)22(19)27)13-18-6-3-11-30-18/h2-12,20,26H,13H2,1H3/b21-19+. The summed E-state index contributed by atoms with van der Waals surface area (Å²) in [6.45, 7) is 0.268. The lowest BCUT2D eigenvalue weighted by Crippen LogP contribution is -2.28. The third-order valence-corrected chi connectivity index (χ3v) is 6.09. The van der Waals surface area contributed by atoms with Crippen molar-refractivity contribution in [2.24, 2.45) is 0 Å². The van der Waals surface area contributed by atoms with E-state index in [2.05, 4.69) is 0 Å². The van der Waals surface area contributed by atoms with Gasteiger partial charge in [-0.25, -0.2) is 0 Å². The Kier molecular flexibility index (Phi) is 5.61. The fourth-order valence-electron chi connectivity index (χ4n) is 3.53. The highest BCUT2D eigenvalue weighted by molar-refractivity contribution is 7.09. The number of ether oxygens (including phenoxy) is 1. The number of halogens is 1. The number of amides is 1. The van der Waals surface area contributed by atoms with Crippen molar-refractivity contribution >= 4 is 40.4 Å². The van der Waals surface area contributed by atoms with Crippen LogP contribution in [-0.2, 0) is 16.1 Å². The van der Waals surface area contributed by atoms with Crippen molar-refractivity contribution in [2.75, 3.05) is 7.11 Å². The SMILES string of the molecule is COc1cccc(/C(O)=C2\C(=O)C(=O)N(Cc3cccs3)C2c2ccc(Cl)cc2)c1. The van der Waals surface area contributed by atoms with E-state index < -0.39 is 17.7 Å². The largest absolute Gasteiger partial charge is 0.507 e. The minimum atomic E-state index is -0.726. The molecule has 1 aromatic heterocycles. The van der Waals surface area contributed by atoms with E-state index in [9.17, 15) is 14.7 Å². The molecule has 0 radical (unpaired) electrons. The van der Waals surface area contributed by atoms with E-state index >= 15 is 0 Å². The predicted molar refractivity (Wildman–Crippen MR) is 117 cm³/mol. The fourth-order valence-corrected chi connectivity index (χ4v) is 4.36. The van der Waals surface area contributed by atoms with Crippen LogP contribution in [0.3, 0.4) is 0 Å². The van der Waals surface area contributed by atoms with Crippen LogP contribution in [0.1, 0.15) is 22.0 Å². The van der Waals surface area contributed by atoms with Gasteiger partial charge in [0.2, 0.25) is 0 Å². The van der Waals surface area contributed by atoms with E-state index in [4.69, 9.17) is 16.3 Å². The normalized spacial score (nSPS) is 18.1. The third-order valence-electron chi connectivity index (χ3n) is 4.98. The monoisotopic (exact) mass is 439 g/mol.